The zero-order valence-electron chi connectivity index (χ0n) is 15.9. The van der Waals surface area contributed by atoms with Crippen LogP contribution in [0, 0.1) is 6.92 Å². The third kappa shape index (κ3) is 4.78. The molecule has 0 saturated carbocycles. The molecule has 2 aromatic carbocycles. The van der Waals surface area contributed by atoms with E-state index in [1.165, 1.54) is 16.7 Å². The summed E-state index contributed by atoms with van der Waals surface area (Å²) in [7, 11) is 0. The van der Waals surface area contributed by atoms with Crippen LogP contribution in [0.25, 0.3) is 6.08 Å². The summed E-state index contributed by atoms with van der Waals surface area (Å²) in [6, 6.07) is 12.7. The number of hydrogen-bond acceptors (Lipinski definition) is 6. The summed E-state index contributed by atoms with van der Waals surface area (Å²) in [5.41, 5.74) is 2.28. The summed E-state index contributed by atoms with van der Waals surface area (Å²) in [6.07, 6.45) is 1.65. The van der Waals surface area contributed by atoms with Crippen LogP contribution in [0.3, 0.4) is 0 Å². The quantitative estimate of drug-likeness (QED) is 0.520. The summed E-state index contributed by atoms with van der Waals surface area (Å²) >= 11 is 6.60. The predicted octanol–water partition coefficient (Wildman–Crippen LogP) is 4.26. The first-order valence-corrected chi connectivity index (χ1v) is 10.1. The van der Waals surface area contributed by atoms with E-state index in [0.717, 1.165) is 5.56 Å². The minimum absolute atomic E-state index is 0.239. The van der Waals surface area contributed by atoms with E-state index in [2.05, 4.69) is 0 Å². The van der Waals surface area contributed by atoms with E-state index in [9.17, 15) is 9.59 Å². The molecule has 1 aliphatic heterocycles. The number of carbonyl (C=O) groups is 2. The lowest BCUT2D eigenvalue weighted by atomic mass is 10.1. The van der Waals surface area contributed by atoms with Gasteiger partial charge in [0.25, 0.3) is 5.91 Å². The third-order valence-electron chi connectivity index (χ3n) is 3.99. The number of aliphatic carboxylic acids is 1. The van der Waals surface area contributed by atoms with E-state index in [1.54, 1.807) is 24.3 Å². The molecule has 2 aromatic rings. The van der Waals surface area contributed by atoms with Crippen molar-refractivity contribution < 1.29 is 24.2 Å². The largest absolute Gasteiger partial charge is 0.490 e. The molecule has 0 radical (unpaired) electrons. The summed E-state index contributed by atoms with van der Waals surface area (Å²) in [6.45, 7) is 3.64. The zero-order chi connectivity index (χ0) is 21.0. The van der Waals surface area contributed by atoms with Crippen molar-refractivity contribution >= 4 is 51.9 Å². The van der Waals surface area contributed by atoms with E-state index >= 15 is 0 Å². The number of ether oxygens (including phenoxy) is 2. The van der Waals surface area contributed by atoms with Crippen LogP contribution in [0.2, 0.25) is 0 Å². The van der Waals surface area contributed by atoms with Crippen LogP contribution in [0.5, 0.6) is 11.5 Å². The highest BCUT2D eigenvalue weighted by Crippen LogP contribution is 2.39. The van der Waals surface area contributed by atoms with Crippen molar-refractivity contribution in [2.24, 2.45) is 0 Å². The molecule has 8 heteroatoms. The van der Waals surface area contributed by atoms with Gasteiger partial charge >= 0.3 is 5.97 Å². The fourth-order valence-corrected chi connectivity index (χ4v) is 4.09. The van der Waals surface area contributed by atoms with Gasteiger partial charge in [-0.25, -0.2) is 4.79 Å². The number of nitrogens with zero attached hydrogens (tertiary/aromatic N) is 1. The Morgan fingerprint density at radius 2 is 2.00 bits per heavy atom. The van der Waals surface area contributed by atoms with Crippen LogP contribution in [0.1, 0.15) is 18.1 Å². The number of para-hydroxylation sites is 1. The van der Waals surface area contributed by atoms with Crippen molar-refractivity contribution in [2.45, 2.75) is 13.8 Å². The highest BCUT2D eigenvalue weighted by atomic mass is 32.2. The summed E-state index contributed by atoms with van der Waals surface area (Å²) in [5.74, 6) is -0.654. The van der Waals surface area contributed by atoms with Gasteiger partial charge < -0.3 is 14.6 Å². The molecule has 29 heavy (non-hydrogen) atoms. The average Bonchev–Trinajstić information content (AvgIpc) is 2.94. The van der Waals surface area contributed by atoms with Crippen LogP contribution in [0.15, 0.2) is 47.4 Å². The number of anilines is 1. The van der Waals surface area contributed by atoms with Gasteiger partial charge in [0.1, 0.15) is 0 Å². The van der Waals surface area contributed by atoms with E-state index in [1.807, 2.05) is 38.1 Å². The minimum atomic E-state index is -1.10. The van der Waals surface area contributed by atoms with E-state index in [-0.39, 0.29) is 11.7 Å². The number of rotatable bonds is 7. The molecule has 0 aromatic heterocycles. The smallest absolute Gasteiger partial charge is 0.341 e. The van der Waals surface area contributed by atoms with Crippen molar-refractivity contribution in [3.63, 3.8) is 0 Å². The SMILES string of the molecule is CCOc1cccc(/C=C2/SC(=S)N(c3cccc(C)c3)C2=O)c1OCC(=O)O. The van der Waals surface area contributed by atoms with Gasteiger partial charge in [-0.1, -0.05) is 48.2 Å². The third-order valence-corrected chi connectivity index (χ3v) is 5.29. The molecule has 0 unspecified atom stereocenters. The van der Waals surface area contributed by atoms with E-state index in [0.29, 0.717) is 32.8 Å². The van der Waals surface area contributed by atoms with E-state index in [4.69, 9.17) is 26.8 Å². The molecule has 1 fully saturated rings. The average molecular weight is 430 g/mol. The van der Waals surface area contributed by atoms with Gasteiger partial charge in [0.2, 0.25) is 0 Å². The Bertz CT molecular complexity index is 1000. The molecular weight excluding hydrogens is 410 g/mol. The lowest BCUT2D eigenvalue weighted by Crippen LogP contribution is -2.27. The minimum Gasteiger partial charge on any atom is -0.490 e. The fourth-order valence-electron chi connectivity index (χ4n) is 2.80. The first-order valence-electron chi connectivity index (χ1n) is 8.85. The van der Waals surface area contributed by atoms with Crippen molar-refractivity contribution in [1.29, 1.82) is 0 Å². The molecule has 1 amide bonds. The van der Waals surface area contributed by atoms with Gasteiger partial charge in [0.15, 0.2) is 22.4 Å². The Morgan fingerprint density at radius 1 is 1.24 bits per heavy atom. The Morgan fingerprint density at radius 3 is 2.69 bits per heavy atom. The second-order valence-corrected chi connectivity index (χ2v) is 7.82. The number of thioether (sulfide) groups is 1. The second-order valence-electron chi connectivity index (χ2n) is 6.15. The Kier molecular flexibility index (Phi) is 6.56. The molecule has 0 aliphatic carbocycles. The molecule has 1 aliphatic rings. The second kappa shape index (κ2) is 9.11. The van der Waals surface area contributed by atoms with Crippen molar-refractivity contribution in [3.05, 3.63) is 58.5 Å². The monoisotopic (exact) mass is 429 g/mol. The molecule has 150 valence electrons. The maximum atomic E-state index is 13.0. The normalized spacial score (nSPS) is 15.1. The van der Waals surface area contributed by atoms with Crippen LogP contribution in [-0.2, 0) is 9.59 Å². The van der Waals surface area contributed by atoms with Crippen LogP contribution in [-0.4, -0.2) is 34.5 Å². The van der Waals surface area contributed by atoms with Gasteiger partial charge in [0, 0.05) is 5.56 Å². The van der Waals surface area contributed by atoms with Crippen molar-refractivity contribution in [1.82, 2.24) is 0 Å². The van der Waals surface area contributed by atoms with Crippen LogP contribution >= 0.6 is 24.0 Å². The Hall–Kier alpha value is -2.84. The topological polar surface area (TPSA) is 76.1 Å². The number of carboxylic acid groups (broad SMARTS) is 1. The first-order chi connectivity index (χ1) is 13.9. The lowest BCUT2D eigenvalue weighted by molar-refractivity contribution is -0.139. The Balaban J connectivity index is 1.97. The van der Waals surface area contributed by atoms with Crippen LogP contribution < -0.4 is 14.4 Å². The van der Waals surface area contributed by atoms with Gasteiger partial charge in [-0.05, 0) is 43.7 Å². The predicted molar refractivity (Wildman–Crippen MR) is 118 cm³/mol. The zero-order valence-corrected chi connectivity index (χ0v) is 17.5. The highest BCUT2D eigenvalue weighted by Gasteiger charge is 2.33. The standard InChI is InChI=1S/C21H19NO5S2/c1-3-26-16-9-5-7-14(19(16)27-12-18(23)24)11-17-20(25)22(21(28)29-17)15-8-4-6-13(2)10-15/h4-11H,3,12H2,1-2H3,(H,23,24)/b17-11+. The number of carbonyl (C=O) groups excluding carboxylic acids is 1. The molecule has 6 nitrogen and oxygen atoms in total. The maximum absolute atomic E-state index is 13.0. The molecule has 1 heterocycles. The lowest BCUT2D eigenvalue weighted by Gasteiger charge is -2.15. The van der Waals surface area contributed by atoms with E-state index < -0.39 is 12.6 Å². The van der Waals surface area contributed by atoms with Gasteiger partial charge in [-0.3, -0.25) is 9.69 Å². The summed E-state index contributed by atoms with van der Waals surface area (Å²) < 4.78 is 11.4. The van der Waals surface area contributed by atoms with Crippen LogP contribution in [0.4, 0.5) is 5.69 Å². The highest BCUT2D eigenvalue weighted by molar-refractivity contribution is 8.27. The number of amides is 1. The number of carboxylic acids is 1. The molecule has 1 N–H and O–H groups in total. The number of thiocarbonyl (C=S) groups is 1. The maximum Gasteiger partial charge on any atom is 0.341 e. The van der Waals surface area contributed by atoms with Gasteiger partial charge in [-0.15, -0.1) is 0 Å². The number of hydrogen-bond donors (Lipinski definition) is 1. The molecule has 0 bridgehead atoms. The molecule has 0 spiro atoms. The molecule has 0 atom stereocenters. The van der Waals surface area contributed by atoms with Gasteiger partial charge in [0.05, 0.1) is 17.2 Å². The van der Waals surface area contributed by atoms with Crippen molar-refractivity contribution in [2.75, 3.05) is 18.1 Å². The fraction of sp³-hybridized carbons (Fsp3) is 0.190. The van der Waals surface area contributed by atoms with Gasteiger partial charge in [-0.2, -0.15) is 0 Å². The Labute approximate surface area is 178 Å². The summed E-state index contributed by atoms with van der Waals surface area (Å²) in [4.78, 5) is 25.9. The molecule has 1 saturated heterocycles. The first kappa shape index (κ1) is 20.9. The summed E-state index contributed by atoms with van der Waals surface area (Å²) in [5, 5.41) is 8.97. The number of aryl methyl sites for hydroxylation is 1. The van der Waals surface area contributed by atoms with Crippen molar-refractivity contribution in [3.8, 4) is 11.5 Å². The molecule has 3 rings (SSSR count). The number of benzene rings is 2. The molecular formula is C21H19NO5S2.